The first-order valence-corrected chi connectivity index (χ1v) is 11.1. The Hall–Kier alpha value is -4.46. The van der Waals surface area contributed by atoms with Crippen LogP contribution in [0.15, 0.2) is 54.3 Å². The van der Waals surface area contributed by atoms with Crippen molar-refractivity contribution in [3.05, 3.63) is 76.5 Å². The minimum Gasteiger partial charge on any atom is -0.497 e. The van der Waals surface area contributed by atoms with Crippen molar-refractivity contribution in [1.29, 1.82) is 0 Å². The molecule has 0 spiro atoms. The second-order valence-corrected chi connectivity index (χ2v) is 7.87. The summed E-state index contributed by atoms with van der Waals surface area (Å²) in [6, 6.07) is 13.6. The van der Waals surface area contributed by atoms with Crippen molar-refractivity contribution in [2.24, 2.45) is 0 Å². The van der Waals surface area contributed by atoms with Gasteiger partial charge < -0.3 is 28.4 Å². The summed E-state index contributed by atoms with van der Waals surface area (Å²) in [5, 5.41) is 0. The third kappa shape index (κ3) is 4.57. The van der Waals surface area contributed by atoms with Gasteiger partial charge in [-0.05, 0) is 61.5 Å². The van der Waals surface area contributed by atoms with Gasteiger partial charge in [-0.15, -0.1) is 0 Å². The number of allylic oxidation sites excluding steroid dienone is 1. The average Bonchev–Trinajstić information content (AvgIpc) is 3.23. The molecule has 0 aliphatic carbocycles. The third-order valence-corrected chi connectivity index (χ3v) is 5.83. The molecule has 36 heavy (non-hydrogen) atoms. The van der Waals surface area contributed by atoms with Crippen LogP contribution in [0.1, 0.15) is 31.8 Å². The van der Waals surface area contributed by atoms with Crippen molar-refractivity contribution in [2.45, 2.75) is 6.92 Å². The second-order valence-electron chi connectivity index (χ2n) is 7.87. The van der Waals surface area contributed by atoms with Gasteiger partial charge >= 0.3 is 0 Å². The molecule has 3 aromatic carbocycles. The number of benzene rings is 3. The Morgan fingerprint density at radius 2 is 1.53 bits per heavy atom. The van der Waals surface area contributed by atoms with Gasteiger partial charge in [-0.3, -0.25) is 9.59 Å². The van der Waals surface area contributed by atoms with Gasteiger partial charge in [0, 0.05) is 16.7 Å². The number of carbonyl (C=O) groups is 2. The van der Waals surface area contributed by atoms with E-state index in [-0.39, 0.29) is 23.9 Å². The van der Waals surface area contributed by atoms with Crippen molar-refractivity contribution in [3.8, 4) is 34.5 Å². The number of rotatable bonds is 9. The fraction of sp³-hybridized carbons (Fsp3) is 0.214. The van der Waals surface area contributed by atoms with Crippen LogP contribution in [0.3, 0.4) is 0 Å². The number of Topliss-reactive ketones (excluding diaryl/α,β-unsaturated/α-hetero) is 2. The minimum absolute atomic E-state index is 0.130. The molecule has 8 nitrogen and oxygen atoms in total. The predicted molar refractivity (Wildman–Crippen MR) is 133 cm³/mol. The highest BCUT2D eigenvalue weighted by molar-refractivity contribution is 6.15. The van der Waals surface area contributed by atoms with E-state index in [1.54, 1.807) is 68.6 Å². The first-order chi connectivity index (χ1) is 17.4. The standard InChI is InChI=1S/C28H26O8/c1-16-22(35-15-21(29)17-6-9-19(31-2)10-7-17)13-11-20-25(30)24(36-26(16)20)14-18-8-12-23(32-3)28(34-5)27(18)33-4/h6-14H,15H2,1-5H3/b24-14-. The molecular formula is C28H26O8. The van der Waals surface area contributed by atoms with E-state index < -0.39 is 0 Å². The van der Waals surface area contributed by atoms with Gasteiger partial charge in [0.15, 0.2) is 29.6 Å². The molecule has 0 unspecified atom stereocenters. The summed E-state index contributed by atoms with van der Waals surface area (Å²) < 4.78 is 33.1. The molecule has 3 aromatic rings. The van der Waals surface area contributed by atoms with Crippen LogP contribution in [0.4, 0.5) is 0 Å². The van der Waals surface area contributed by atoms with Crippen LogP contribution in [-0.4, -0.2) is 46.6 Å². The molecule has 8 heteroatoms. The highest BCUT2D eigenvalue weighted by atomic mass is 16.5. The fourth-order valence-corrected chi connectivity index (χ4v) is 3.91. The van der Waals surface area contributed by atoms with Gasteiger partial charge in [0.25, 0.3) is 0 Å². The van der Waals surface area contributed by atoms with Crippen molar-refractivity contribution in [3.63, 3.8) is 0 Å². The van der Waals surface area contributed by atoms with Crippen LogP contribution >= 0.6 is 0 Å². The molecule has 0 saturated heterocycles. The van der Waals surface area contributed by atoms with Crippen LogP contribution in [0, 0.1) is 6.92 Å². The summed E-state index contributed by atoms with van der Waals surface area (Å²) in [6.45, 7) is 1.62. The lowest BCUT2D eigenvalue weighted by Crippen LogP contribution is -2.12. The van der Waals surface area contributed by atoms with Crippen LogP contribution in [0.25, 0.3) is 6.08 Å². The zero-order valence-electron chi connectivity index (χ0n) is 20.7. The van der Waals surface area contributed by atoms with Crippen molar-refractivity contribution in [2.75, 3.05) is 35.0 Å². The molecule has 0 fully saturated rings. The highest BCUT2D eigenvalue weighted by Crippen LogP contribution is 2.43. The van der Waals surface area contributed by atoms with E-state index in [0.29, 0.717) is 56.8 Å². The summed E-state index contributed by atoms with van der Waals surface area (Å²) in [5.74, 6) is 2.50. The lowest BCUT2D eigenvalue weighted by molar-refractivity contribution is 0.0920. The lowest BCUT2D eigenvalue weighted by atomic mass is 10.1. The van der Waals surface area contributed by atoms with Gasteiger partial charge in [-0.2, -0.15) is 0 Å². The Kier molecular flexibility index (Phi) is 7.15. The van der Waals surface area contributed by atoms with Crippen molar-refractivity contribution >= 4 is 17.6 Å². The first kappa shape index (κ1) is 24.7. The molecule has 0 bridgehead atoms. The van der Waals surface area contributed by atoms with E-state index in [4.69, 9.17) is 28.4 Å². The molecule has 1 aliphatic rings. The van der Waals surface area contributed by atoms with Crippen LogP contribution in [-0.2, 0) is 0 Å². The number of fused-ring (bicyclic) bond motifs is 1. The van der Waals surface area contributed by atoms with E-state index in [9.17, 15) is 9.59 Å². The van der Waals surface area contributed by atoms with E-state index in [0.717, 1.165) is 0 Å². The van der Waals surface area contributed by atoms with E-state index in [1.807, 2.05) is 0 Å². The predicted octanol–water partition coefficient (Wildman–Crippen LogP) is 4.91. The molecule has 1 heterocycles. The quantitative estimate of drug-likeness (QED) is 0.309. The molecule has 0 radical (unpaired) electrons. The lowest BCUT2D eigenvalue weighted by Gasteiger charge is -2.14. The van der Waals surface area contributed by atoms with Crippen LogP contribution in [0.5, 0.6) is 34.5 Å². The number of hydrogen-bond donors (Lipinski definition) is 0. The smallest absolute Gasteiger partial charge is 0.231 e. The maximum absolute atomic E-state index is 13.1. The molecule has 0 amide bonds. The first-order valence-electron chi connectivity index (χ1n) is 11.1. The topological polar surface area (TPSA) is 89.5 Å². The molecule has 186 valence electrons. The fourth-order valence-electron chi connectivity index (χ4n) is 3.91. The Morgan fingerprint density at radius 3 is 2.17 bits per heavy atom. The van der Waals surface area contributed by atoms with E-state index in [1.165, 1.54) is 21.3 Å². The summed E-state index contributed by atoms with van der Waals surface area (Å²) in [4.78, 5) is 25.6. The zero-order valence-corrected chi connectivity index (χ0v) is 20.7. The average molecular weight is 491 g/mol. The summed E-state index contributed by atoms with van der Waals surface area (Å²) in [6.07, 6.45) is 1.59. The maximum Gasteiger partial charge on any atom is 0.231 e. The second kappa shape index (κ2) is 10.4. The normalized spacial score (nSPS) is 13.1. The molecule has 0 saturated carbocycles. The van der Waals surface area contributed by atoms with Gasteiger partial charge in [-0.1, -0.05) is 0 Å². The number of hydrogen-bond acceptors (Lipinski definition) is 8. The summed E-state index contributed by atoms with van der Waals surface area (Å²) >= 11 is 0. The zero-order chi connectivity index (χ0) is 25.8. The third-order valence-electron chi connectivity index (χ3n) is 5.83. The van der Waals surface area contributed by atoms with Gasteiger partial charge in [0.2, 0.25) is 11.5 Å². The number of methoxy groups -OCH3 is 4. The molecular weight excluding hydrogens is 464 g/mol. The van der Waals surface area contributed by atoms with Crippen LogP contribution in [0.2, 0.25) is 0 Å². The SMILES string of the molecule is COc1ccc(C(=O)COc2ccc3c(c2C)O/C(=C\c2ccc(OC)c(OC)c2OC)C3=O)cc1. The number of carbonyl (C=O) groups excluding carboxylic acids is 2. The summed E-state index contributed by atoms with van der Waals surface area (Å²) in [7, 11) is 6.11. The molecule has 0 N–H and O–H groups in total. The molecule has 4 rings (SSSR count). The van der Waals surface area contributed by atoms with Crippen LogP contribution < -0.4 is 28.4 Å². The molecule has 1 aliphatic heterocycles. The van der Waals surface area contributed by atoms with Crippen molar-refractivity contribution in [1.82, 2.24) is 0 Å². The largest absolute Gasteiger partial charge is 0.497 e. The summed E-state index contributed by atoms with van der Waals surface area (Å²) in [5.41, 5.74) is 2.12. The highest BCUT2D eigenvalue weighted by Gasteiger charge is 2.31. The van der Waals surface area contributed by atoms with Crippen molar-refractivity contribution < 1.29 is 38.0 Å². The Bertz CT molecular complexity index is 1340. The maximum atomic E-state index is 13.1. The Morgan fingerprint density at radius 1 is 0.833 bits per heavy atom. The Balaban J connectivity index is 1.56. The Labute approximate surface area is 209 Å². The van der Waals surface area contributed by atoms with Gasteiger partial charge in [0.1, 0.15) is 17.2 Å². The minimum atomic E-state index is -0.272. The van der Waals surface area contributed by atoms with E-state index >= 15 is 0 Å². The number of ether oxygens (including phenoxy) is 6. The van der Waals surface area contributed by atoms with E-state index in [2.05, 4.69) is 0 Å². The number of ketones is 2. The molecule has 0 atom stereocenters. The molecule has 0 aromatic heterocycles. The monoisotopic (exact) mass is 490 g/mol. The van der Waals surface area contributed by atoms with Gasteiger partial charge in [-0.25, -0.2) is 0 Å². The van der Waals surface area contributed by atoms with Gasteiger partial charge in [0.05, 0.1) is 34.0 Å².